The molecule has 0 aliphatic rings. The van der Waals surface area contributed by atoms with Gasteiger partial charge in [-0.05, 0) is 24.6 Å². The van der Waals surface area contributed by atoms with Crippen molar-refractivity contribution in [2.24, 2.45) is 0 Å². The highest BCUT2D eigenvalue weighted by molar-refractivity contribution is 6.32. The van der Waals surface area contributed by atoms with Crippen LogP contribution in [0.5, 0.6) is 0 Å². The summed E-state index contributed by atoms with van der Waals surface area (Å²) < 4.78 is 1.51. The van der Waals surface area contributed by atoms with Gasteiger partial charge < -0.3 is 0 Å². The second-order valence-electron chi connectivity index (χ2n) is 5.52. The molecule has 0 spiro atoms. The zero-order valence-corrected chi connectivity index (χ0v) is 12.2. The Morgan fingerprint density at radius 2 is 2.05 bits per heavy atom. The predicted molar refractivity (Wildman–Crippen MR) is 75.2 cm³/mol. The lowest BCUT2D eigenvalue weighted by atomic mass is 9.90. The summed E-state index contributed by atoms with van der Waals surface area (Å²) in [6, 6.07) is 3.77. The lowest BCUT2D eigenvalue weighted by Gasteiger charge is -2.15. The Balaban J connectivity index is 2.66. The van der Waals surface area contributed by atoms with Crippen molar-refractivity contribution >= 4 is 17.9 Å². The number of aryl methyl sites for hydroxylation is 1. The molecule has 2 aromatic heterocycles. The van der Waals surface area contributed by atoms with Gasteiger partial charge in [0.1, 0.15) is 5.15 Å². The number of rotatable bonds is 2. The molecule has 4 nitrogen and oxygen atoms in total. The summed E-state index contributed by atoms with van der Waals surface area (Å²) in [5.41, 5.74) is 1.91. The molecule has 2 heterocycles. The molecule has 0 amide bonds. The van der Waals surface area contributed by atoms with Crippen LogP contribution >= 0.6 is 11.6 Å². The van der Waals surface area contributed by atoms with Gasteiger partial charge in [-0.3, -0.25) is 4.79 Å². The van der Waals surface area contributed by atoms with Gasteiger partial charge in [0.2, 0.25) is 0 Å². The van der Waals surface area contributed by atoms with Crippen LogP contribution in [0.3, 0.4) is 0 Å². The molecule has 0 aliphatic carbocycles. The standard InChI is InChI=1S/C14H16ClN3O/c1-9-5-6-16-11(7-9)18-13(15)10(8-19)12(17-18)14(2,3)4/h5-8H,1-4H3. The average Bonchev–Trinajstić information content (AvgIpc) is 2.66. The van der Waals surface area contributed by atoms with E-state index in [0.717, 1.165) is 11.8 Å². The van der Waals surface area contributed by atoms with Gasteiger partial charge in [0.05, 0.1) is 11.3 Å². The fourth-order valence-corrected chi connectivity index (χ4v) is 2.11. The number of hydrogen-bond donors (Lipinski definition) is 0. The number of aldehydes is 1. The highest BCUT2D eigenvalue weighted by Gasteiger charge is 2.26. The normalized spacial score (nSPS) is 11.6. The zero-order valence-electron chi connectivity index (χ0n) is 11.4. The Morgan fingerprint density at radius 1 is 1.37 bits per heavy atom. The summed E-state index contributed by atoms with van der Waals surface area (Å²) in [5, 5.41) is 4.76. The van der Waals surface area contributed by atoms with Gasteiger partial charge in [0.25, 0.3) is 0 Å². The Kier molecular flexibility index (Phi) is 3.45. The van der Waals surface area contributed by atoms with E-state index in [1.807, 2.05) is 39.8 Å². The van der Waals surface area contributed by atoms with E-state index in [0.29, 0.717) is 22.2 Å². The maximum absolute atomic E-state index is 11.2. The molecule has 5 heteroatoms. The zero-order chi connectivity index (χ0) is 14.2. The number of halogens is 1. The van der Waals surface area contributed by atoms with Crippen LogP contribution in [0.25, 0.3) is 5.82 Å². The maximum Gasteiger partial charge on any atom is 0.155 e. The Labute approximate surface area is 117 Å². The first-order valence-corrected chi connectivity index (χ1v) is 6.39. The molecule has 0 saturated carbocycles. The number of hydrogen-bond acceptors (Lipinski definition) is 3. The summed E-state index contributed by atoms with van der Waals surface area (Å²) in [6.07, 6.45) is 2.45. The maximum atomic E-state index is 11.2. The molecule has 0 saturated heterocycles. The van der Waals surface area contributed by atoms with Crippen molar-refractivity contribution in [3.8, 4) is 5.82 Å². The van der Waals surface area contributed by atoms with Crippen LogP contribution in [0.1, 0.15) is 42.4 Å². The Bertz CT molecular complexity index is 626. The first-order chi connectivity index (χ1) is 8.84. The van der Waals surface area contributed by atoms with Crippen molar-refractivity contribution in [1.82, 2.24) is 14.8 Å². The minimum Gasteiger partial charge on any atom is -0.298 e. The van der Waals surface area contributed by atoms with E-state index in [1.165, 1.54) is 4.68 Å². The molecule has 19 heavy (non-hydrogen) atoms. The van der Waals surface area contributed by atoms with Crippen LogP contribution in [0.15, 0.2) is 18.3 Å². The first kappa shape index (κ1) is 13.7. The number of nitrogens with zero attached hydrogens (tertiary/aromatic N) is 3. The van der Waals surface area contributed by atoms with E-state index in [1.54, 1.807) is 6.20 Å². The van der Waals surface area contributed by atoms with Crippen LogP contribution in [0, 0.1) is 6.92 Å². The van der Waals surface area contributed by atoms with Gasteiger partial charge in [0.15, 0.2) is 12.1 Å². The molecular formula is C14H16ClN3O. The van der Waals surface area contributed by atoms with Crippen molar-refractivity contribution in [1.29, 1.82) is 0 Å². The van der Waals surface area contributed by atoms with Gasteiger partial charge in [-0.25, -0.2) is 9.67 Å². The predicted octanol–water partition coefficient (Wildman–Crippen LogP) is 3.34. The monoisotopic (exact) mass is 277 g/mol. The van der Waals surface area contributed by atoms with E-state index in [4.69, 9.17) is 11.6 Å². The number of carbonyl (C=O) groups is 1. The topological polar surface area (TPSA) is 47.8 Å². The molecule has 0 bridgehead atoms. The highest BCUT2D eigenvalue weighted by atomic mass is 35.5. The lowest BCUT2D eigenvalue weighted by molar-refractivity contribution is 0.112. The van der Waals surface area contributed by atoms with E-state index >= 15 is 0 Å². The largest absolute Gasteiger partial charge is 0.298 e. The Hall–Kier alpha value is -1.68. The van der Waals surface area contributed by atoms with Gasteiger partial charge >= 0.3 is 0 Å². The van der Waals surface area contributed by atoms with Gasteiger partial charge in [-0.2, -0.15) is 5.10 Å². The van der Waals surface area contributed by atoms with Crippen molar-refractivity contribution < 1.29 is 4.79 Å². The number of carbonyl (C=O) groups excluding carboxylic acids is 1. The molecule has 0 N–H and O–H groups in total. The lowest BCUT2D eigenvalue weighted by Crippen LogP contribution is -2.14. The second kappa shape index (κ2) is 4.78. The van der Waals surface area contributed by atoms with Gasteiger partial charge in [0, 0.05) is 11.6 Å². The third-order valence-electron chi connectivity index (χ3n) is 2.81. The van der Waals surface area contributed by atoms with Crippen LogP contribution in [0.4, 0.5) is 0 Å². The third kappa shape index (κ3) is 2.54. The van der Waals surface area contributed by atoms with Crippen LogP contribution in [-0.2, 0) is 5.41 Å². The van der Waals surface area contributed by atoms with Crippen molar-refractivity contribution in [3.63, 3.8) is 0 Å². The van der Waals surface area contributed by atoms with E-state index < -0.39 is 0 Å². The first-order valence-electron chi connectivity index (χ1n) is 6.02. The van der Waals surface area contributed by atoms with Crippen molar-refractivity contribution in [3.05, 3.63) is 40.3 Å². The van der Waals surface area contributed by atoms with Crippen molar-refractivity contribution in [2.45, 2.75) is 33.1 Å². The highest BCUT2D eigenvalue weighted by Crippen LogP contribution is 2.30. The van der Waals surface area contributed by atoms with Crippen molar-refractivity contribution in [2.75, 3.05) is 0 Å². The number of pyridine rings is 1. The average molecular weight is 278 g/mol. The van der Waals surface area contributed by atoms with E-state index in [9.17, 15) is 4.79 Å². The second-order valence-corrected chi connectivity index (χ2v) is 5.88. The third-order valence-corrected chi connectivity index (χ3v) is 3.17. The summed E-state index contributed by atoms with van der Waals surface area (Å²) in [6.45, 7) is 7.94. The van der Waals surface area contributed by atoms with Crippen LogP contribution < -0.4 is 0 Å². The quantitative estimate of drug-likeness (QED) is 0.791. The summed E-state index contributed by atoms with van der Waals surface area (Å²) in [7, 11) is 0. The SMILES string of the molecule is Cc1ccnc(-n2nc(C(C)(C)C)c(C=O)c2Cl)c1. The van der Waals surface area contributed by atoms with E-state index in [2.05, 4.69) is 10.1 Å². The van der Waals surface area contributed by atoms with Gasteiger partial charge in [-0.15, -0.1) is 0 Å². The number of aromatic nitrogens is 3. The molecular weight excluding hydrogens is 262 g/mol. The minimum absolute atomic E-state index is 0.255. The fraction of sp³-hybridized carbons (Fsp3) is 0.357. The molecule has 0 aliphatic heterocycles. The molecule has 0 atom stereocenters. The fourth-order valence-electron chi connectivity index (χ4n) is 1.86. The summed E-state index contributed by atoms with van der Waals surface area (Å²) >= 11 is 6.25. The molecule has 0 fully saturated rings. The van der Waals surface area contributed by atoms with Crippen LogP contribution in [-0.4, -0.2) is 21.1 Å². The summed E-state index contributed by atoms with van der Waals surface area (Å²) in [4.78, 5) is 15.5. The van der Waals surface area contributed by atoms with E-state index in [-0.39, 0.29) is 5.41 Å². The van der Waals surface area contributed by atoms with Crippen LogP contribution in [0.2, 0.25) is 5.15 Å². The molecule has 2 aromatic rings. The van der Waals surface area contributed by atoms with Gasteiger partial charge in [-0.1, -0.05) is 32.4 Å². The smallest absolute Gasteiger partial charge is 0.155 e. The molecule has 0 aromatic carbocycles. The molecule has 2 rings (SSSR count). The molecule has 0 radical (unpaired) electrons. The minimum atomic E-state index is -0.255. The summed E-state index contributed by atoms with van der Waals surface area (Å²) in [5.74, 6) is 0.614. The molecule has 100 valence electrons. The molecule has 0 unspecified atom stereocenters. The Morgan fingerprint density at radius 3 is 2.53 bits per heavy atom.